The van der Waals surface area contributed by atoms with Crippen LogP contribution >= 0.6 is 0 Å². The number of ether oxygens (including phenoxy) is 2. The molecule has 2 fully saturated rings. The van der Waals surface area contributed by atoms with Crippen molar-refractivity contribution in [3.63, 3.8) is 0 Å². The van der Waals surface area contributed by atoms with Crippen LogP contribution in [0.5, 0.6) is 11.5 Å². The third-order valence-corrected chi connectivity index (χ3v) is 5.30. The molecule has 140 valence electrons. The summed E-state index contributed by atoms with van der Waals surface area (Å²) in [7, 11) is 0. The lowest BCUT2D eigenvalue weighted by Crippen LogP contribution is -2.46. The molecule has 3 atom stereocenters. The summed E-state index contributed by atoms with van der Waals surface area (Å²) < 4.78 is 39.0. The number of rotatable bonds is 1. The second kappa shape index (κ2) is 6.41. The second-order valence-corrected chi connectivity index (χ2v) is 7.05. The Hall–Kier alpha value is -2.38. The number of carbonyl (C=O) groups excluding carboxylic acids is 2. The molecule has 1 aromatic rings. The molecule has 2 amide bonds. The summed E-state index contributed by atoms with van der Waals surface area (Å²) in [5.74, 6) is -2.21. The van der Waals surface area contributed by atoms with Crippen LogP contribution < -0.4 is 9.47 Å². The van der Waals surface area contributed by atoms with Crippen LogP contribution in [0.3, 0.4) is 0 Å². The van der Waals surface area contributed by atoms with Crippen molar-refractivity contribution in [1.82, 2.24) is 9.80 Å². The van der Waals surface area contributed by atoms with Gasteiger partial charge in [0.15, 0.2) is 23.8 Å². The zero-order valence-corrected chi connectivity index (χ0v) is 14.4. The van der Waals surface area contributed by atoms with Gasteiger partial charge in [-0.2, -0.15) is 0 Å². The number of hydrogen-bond donors (Lipinski definition) is 0. The van der Waals surface area contributed by atoms with Crippen LogP contribution in [-0.2, 0) is 9.59 Å². The summed E-state index contributed by atoms with van der Waals surface area (Å²) in [6, 6.07) is 1.99. The van der Waals surface area contributed by atoms with E-state index in [9.17, 15) is 18.4 Å². The quantitative estimate of drug-likeness (QED) is 0.757. The Kier molecular flexibility index (Phi) is 4.20. The minimum absolute atomic E-state index is 0.0364. The number of likely N-dealkylation sites (tertiary alicyclic amines) is 2. The van der Waals surface area contributed by atoms with Crippen LogP contribution in [0.15, 0.2) is 12.1 Å². The van der Waals surface area contributed by atoms with Crippen LogP contribution in [0.25, 0.3) is 0 Å². The average Bonchev–Trinajstić information content (AvgIpc) is 3.06. The number of carbonyl (C=O) groups is 2. The number of piperidine rings is 1. The maximum Gasteiger partial charge on any atom is 0.227 e. The number of fused-ring (bicyclic) bond motifs is 2. The predicted octanol–water partition coefficient (Wildman–Crippen LogP) is 1.57. The Labute approximate surface area is 149 Å². The minimum atomic E-state index is -0.686. The fourth-order valence-electron chi connectivity index (χ4n) is 3.91. The van der Waals surface area contributed by atoms with E-state index in [1.165, 1.54) is 6.92 Å². The highest BCUT2D eigenvalue weighted by molar-refractivity contribution is 5.81. The van der Waals surface area contributed by atoms with Gasteiger partial charge in [0.05, 0.1) is 19.0 Å². The van der Waals surface area contributed by atoms with Crippen molar-refractivity contribution in [1.29, 1.82) is 0 Å². The molecule has 0 N–H and O–H groups in total. The molecule has 6 nitrogen and oxygen atoms in total. The highest BCUT2D eigenvalue weighted by Gasteiger charge is 2.45. The lowest BCUT2D eigenvalue weighted by atomic mass is 9.96. The van der Waals surface area contributed by atoms with Crippen molar-refractivity contribution in [3.05, 3.63) is 23.8 Å². The molecule has 26 heavy (non-hydrogen) atoms. The van der Waals surface area contributed by atoms with E-state index in [-0.39, 0.29) is 42.3 Å². The second-order valence-electron chi connectivity index (χ2n) is 7.05. The monoisotopic (exact) mass is 366 g/mol. The van der Waals surface area contributed by atoms with E-state index in [2.05, 4.69) is 0 Å². The van der Waals surface area contributed by atoms with Gasteiger partial charge in [-0.15, -0.1) is 0 Å². The Morgan fingerprint density at radius 1 is 1.00 bits per heavy atom. The standard InChI is InChI=1S/C18H20F2N2O4/c1-10(23)21-6-2-3-11(7-21)18(24)22-8-14-15(9-22)26-17-13(20)5-4-12(19)16(17)25-14/h4-5,11,14-15H,2-3,6-9H2,1H3/t11?,14-,15+. The Bertz CT molecular complexity index is 718. The first kappa shape index (κ1) is 17.1. The van der Waals surface area contributed by atoms with E-state index < -0.39 is 23.8 Å². The number of halogens is 2. The van der Waals surface area contributed by atoms with Gasteiger partial charge >= 0.3 is 0 Å². The number of nitrogens with zero attached hydrogens (tertiary/aromatic N) is 2. The van der Waals surface area contributed by atoms with Crippen LogP contribution in [-0.4, -0.2) is 60.0 Å². The van der Waals surface area contributed by atoms with E-state index in [0.717, 1.165) is 25.0 Å². The molecule has 0 aromatic heterocycles. The Morgan fingerprint density at radius 2 is 1.58 bits per heavy atom. The summed E-state index contributed by atoms with van der Waals surface area (Å²) in [5.41, 5.74) is 0. The molecule has 8 heteroatoms. The smallest absolute Gasteiger partial charge is 0.227 e. The molecule has 0 spiro atoms. The zero-order valence-electron chi connectivity index (χ0n) is 14.4. The van der Waals surface area contributed by atoms with Crippen molar-refractivity contribution in [2.75, 3.05) is 26.2 Å². The number of benzene rings is 1. The fraction of sp³-hybridized carbons (Fsp3) is 0.556. The van der Waals surface area contributed by atoms with Crippen molar-refractivity contribution < 1.29 is 27.8 Å². The van der Waals surface area contributed by atoms with Gasteiger partial charge in [0.2, 0.25) is 23.3 Å². The lowest BCUT2D eigenvalue weighted by molar-refractivity contribution is -0.139. The summed E-state index contributed by atoms with van der Waals surface area (Å²) in [5, 5.41) is 0. The fourth-order valence-corrected chi connectivity index (χ4v) is 3.91. The van der Waals surface area contributed by atoms with Gasteiger partial charge in [0, 0.05) is 20.0 Å². The van der Waals surface area contributed by atoms with Crippen molar-refractivity contribution >= 4 is 11.8 Å². The summed E-state index contributed by atoms with van der Waals surface area (Å²) in [6.45, 7) is 3.10. The van der Waals surface area contributed by atoms with Crippen LogP contribution in [0, 0.1) is 17.6 Å². The van der Waals surface area contributed by atoms with Gasteiger partial charge in [0.1, 0.15) is 0 Å². The summed E-state index contributed by atoms with van der Waals surface area (Å²) in [6.07, 6.45) is 0.441. The highest BCUT2D eigenvalue weighted by atomic mass is 19.1. The van der Waals surface area contributed by atoms with Gasteiger partial charge in [0.25, 0.3) is 0 Å². The molecule has 3 heterocycles. The minimum Gasteiger partial charge on any atom is -0.478 e. The van der Waals surface area contributed by atoms with Crippen LogP contribution in [0.4, 0.5) is 8.78 Å². The lowest BCUT2D eigenvalue weighted by Gasteiger charge is -2.33. The maximum atomic E-state index is 13.9. The van der Waals surface area contributed by atoms with Gasteiger partial charge in [-0.25, -0.2) is 8.78 Å². The first-order valence-corrected chi connectivity index (χ1v) is 8.79. The van der Waals surface area contributed by atoms with E-state index in [1.54, 1.807) is 9.80 Å². The molecule has 4 rings (SSSR count). The molecule has 1 unspecified atom stereocenters. The molecular formula is C18H20F2N2O4. The normalized spacial score (nSPS) is 27.3. The van der Waals surface area contributed by atoms with Gasteiger partial charge in [-0.1, -0.05) is 0 Å². The molecule has 1 aromatic carbocycles. The average molecular weight is 366 g/mol. The largest absolute Gasteiger partial charge is 0.478 e. The Balaban J connectivity index is 1.46. The highest BCUT2D eigenvalue weighted by Crippen LogP contribution is 2.40. The SMILES string of the molecule is CC(=O)N1CCCC(C(=O)N2C[C@@H]3Oc4c(F)ccc(F)c4O[C@@H]3C2)C1. The van der Waals surface area contributed by atoms with Crippen LogP contribution in [0.2, 0.25) is 0 Å². The molecule has 0 aliphatic carbocycles. The van der Waals surface area contributed by atoms with Gasteiger partial charge < -0.3 is 19.3 Å². The topological polar surface area (TPSA) is 59.1 Å². The first-order valence-electron chi connectivity index (χ1n) is 8.79. The molecule has 0 saturated carbocycles. The molecule has 0 bridgehead atoms. The maximum absolute atomic E-state index is 13.9. The van der Waals surface area contributed by atoms with Crippen molar-refractivity contribution in [3.8, 4) is 11.5 Å². The molecule has 3 aliphatic rings. The van der Waals surface area contributed by atoms with E-state index in [0.29, 0.717) is 13.1 Å². The van der Waals surface area contributed by atoms with Crippen molar-refractivity contribution in [2.45, 2.75) is 32.0 Å². The molecule has 2 saturated heterocycles. The predicted molar refractivity (Wildman–Crippen MR) is 86.7 cm³/mol. The first-order chi connectivity index (χ1) is 12.4. The van der Waals surface area contributed by atoms with E-state index in [4.69, 9.17) is 9.47 Å². The van der Waals surface area contributed by atoms with E-state index >= 15 is 0 Å². The molecule has 3 aliphatic heterocycles. The third kappa shape index (κ3) is 2.87. The number of hydrogen-bond acceptors (Lipinski definition) is 4. The number of amides is 2. The van der Waals surface area contributed by atoms with E-state index in [1.807, 2.05) is 0 Å². The van der Waals surface area contributed by atoms with Crippen molar-refractivity contribution in [2.24, 2.45) is 5.92 Å². The summed E-state index contributed by atoms with van der Waals surface area (Å²) >= 11 is 0. The van der Waals surface area contributed by atoms with Gasteiger partial charge in [-0.05, 0) is 25.0 Å². The molecular weight excluding hydrogens is 346 g/mol. The third-order valence-electron chi connectivity index (χ3n) is 5.30. The van der Waals surface area contributed by atoms with Gasteiger partial charge in [-0.3, -0.25) is 9.59 Å². The van der Waals surface area contributed by atoms with Crippen LogP contribution in [0.1, 0.15) is 19.8 Å². The Morgan fingerprint density at radius 3 is 2.12 bits per heavy atom. The molecule has 0 radical (unpaired) electrons. The summed E-state index contributed by atoms with van der Waals surface area (Å²) in [4.78, 5) is 27.7. The zero-order chi connectivity index (χ0) is 18.4.